The Balaban J connectivity index is 0. The van der Waals surface area contributed by atoms with Crippen LogP contribution in [0.2, 0.25) is 0 Å². The zero-order valence-corrected chi connectivity index (χ0v) is 12.4. The number of unbranched alkanes of at least 4 members (excludes halogenated alkanes) is 6. The number of isocyanates is 2. The van der Waals surface area contributed by atoms with Crippen LogP contribution in [0.1, 0.15) is 51.4 Å². The van der Waals surface area contributed by atoms with Gasteiger partial charge in [0.15, 0.2) is 0 Å². The summed E-state index contributed by atoms with van der Waals surface area (Å²) < 4.78 is 0. The van der Waals surface area contributed by atoms with Crippen molar-refractivity contribution in [2.45, 2.75) is 51.4 Å². The molecule has 0 unspecified atom stereocenters. The monoisotopic (exact) mass is 284 g/mol. The Bertz CT molecular complexity index is 244. The smallest absolute Gasteiger partial charge is 0.234 e. The van der Waals surface area contributed by atoms with Crippen LogP contribution < -0.4 is 11.5 Å². The van der Waals surface area contributed by atoms with Crippen LogP contribution >= 0.6 is 0 Å². The van der Waals surface area contributed by atoms with Crippen molar-refractivity contribution in [1.29, 1.82) is 0 Å². The average molecular weight is 284 g/mol. The Morgan fingerprint density at radius 1 is 0.600 bits per heavy atom. The number of nitrogens with two attached hydrogens (primary N) is 2. The first-order chi connectivity index (χ1) is 9.83. The van der Waals surface area contributed by atoms with Crippen LogP contribution in [0.15, 0.2) is 9.98 Å². The normalized spacial score (nSPS) is 8.90. The Kier molecular flexibility index (Phi) is 24.0. The molecule has 0 spiro atoms. The maximum absolute atomic E-state index is 9.63. The van der Waals surface area contributed by atoms with Gasteiger partial charge in [0.05, 0.1) is 13.1 Å². The summed E-state index contributed by atoms with van der Waals surface area (Å²) in [7, 11) is 0. The van der Waals surface area contributed by atoms with E-state index in [1.807, 2.05) is 0 Å². The first-order valence-electron chi connectivity index (χ1n) is 7.30. The molecule has 20 heavy (non-hydrogen) atoms. The third-order valence-electron chi connectivity index (χ3n) is 2.58. The molecule has 0 aliphatic rings. The lowest BCUT2D eigenvalue weighted by atomic mass is 10.2. The summed E-state index contributed by atoms with van der Waals surface area (Å²) >= 11 is 0. The summed E-state index contributed by atoms with van der Waals surface area (Å²) in [5.74, 6) is 0. The van der Waals surface area contributed by atoms with Crippen LogP contribution in [-0.2, 0) is 9.59 Å². The molecule has 0 fully saturated rings. The fourth-order valence-electron chi connectivity index (χ4n) is 1.47. The Labute approximate surface area is 121 Å². The van der Waals surface area contributed by atoms with Crippen molar-refractivity contribution in [1.82, 2.24) is 0 Å². The molecule has 0 heterocycles. The van der Waals surface area contributed by atoms with Gasteiger partial charge in [-0.2, -0.15) is 0 Å². The van der Waals surface area contributed by atoms with E-state index in [0.717, 1.165) is 51.6 Å². The van der Waals surface area contributed by atoms with Gasteiger partial charge in [-0.3, -0.25) is 0 Å². The molecule has 0 rings (SSSR count). The predicted octanol–water partition coefficient (Wildman–Crippen LogP) is 1.68. The van der Waals surface area contributed by atoms with Crippen molar-refractivity contribution >= 4 is 12.2 Å². The predicted molar refractivity (Wildman–Crippen MR) is 81.0 cm³/mol. The molecule has 0 aromatic heterocycles. The van der Waals surface area contributed by atoms with Crippen LogP contribution in [0.3, 0.4) is 0 Å². The molecule has 0 radical (unpaired) electrons. The van der Waals surface area contributed by atoms with Gasteiger partial charge in [0, 0.05) is 0 Å². The second kappa shape index (κ2) is 22.8. The molecule has 0 atom stereocenters. The second-order valence-electron chi connectivity index (χ2n) is 4.35. The minimum atomic E-state index is 0.556. The minimum absolute atomic E-state index is 0.556. The zero-order chi connectivity index (χ0) is 15.3. The molecule has 0 aliphatic carbocycles. The topological polar surface area (TPSA) is 111 Å². The number of carbonyl (C=O) groups excluding carboxylic acids is 2. The van der Waals surface area contributed by atoms with Gasteiger partial charge < -0.3 is 11.5 Å². The lowest BCUT2D eigenvalue weighted by Gasteiger charge is -1.94. The Morgan fingerprint density at radius 2 is 0.950 bits per heavy atom. The number of rotatable bonds is 12. The van der Waals surface area contributed by atoms with Gasteiger partial charge in [-0.05, 0) is 38.8 Å². The van der Waals surface area contributed by atoms with E-state index in [1.54, 1.807) is 0 Å². The van der Waals surface area contributed by atoms with Crippen LogP contribution in [0.25, 0.3) is 0 Å². The van der Waals surface area contributed by atoms with Crippen molar-refractivity contribution in [3.05, 3.63) is 0 Å². The summed E-state index contributed by atoms with van der Waals surface area (Å²) in [4.78, 5) is 26.1. The lowest BCUT2D eigenvalue weighted by Crippen LogP contribution is -2.00. The third-order valence-corrected chi connectivity index (χ3v) is 2.58. The Hall–Kier alpha value is -1.32. The van der Waals surface area contributed by atoms with Gasteiger partial charge >= 0.3 is 0 Å². The molecule has 0 aromatic rings. The van der Waals surface area contributed by atoms with Crippen LogP contribution in [-0.4, -0.2) is 38.3 Å². The van der Waals surface area contributed by atoms with Crippen molar-refractivity contribution in [3.8, 4) is 0 Å². The minimum Gasteiger partial charge on any atom is -0.330 e. The van der Waals surface area contributed by atoms with Gasteiger partial charge in [-0.1, -0.05) is 25.7 Å². The summed E-state index contributed by atoms with van der Waals surface area (Å²) in [5, 5.41) is 0. The van der Waals surface area contributed by atoms with Gasteiger partial charge in [-0.25, -0.2) is 19.6 Å². The van der Waals surface area contributed by atoms with E-state index >= 15 is 0 Å². The van der Waals surface area contributed by atoms with E-state index < -0.39 is 0 Å². The SMILES string of the molecule is NCCCCCCN.O=C=NCCCCCCN=C=O. The lowest BCUT2D eigenvalue weighted by molar-refractivity contribution is 0.558. The number of hydrogen-bond donors (Lipinski definition) is 2. The molecule has 6 heteroatoms. The van der Waals surface area contributed by atoms with E-state index in [4.69, 9.17) is 11.5 Å². The van der Waals surface area contributed by atoms with Crippen LogP contribution in [0.4, 0.5) is 0 Å². The molecule has 0 aliphatic heterocycles. The summed E-state index contributed by atoms with van der Waals surface area (Å²) in [6.07, 6.45) is 11.6. The highest BCUT2D eigenvalue weighted by Crippen LogP contribution is 1.99. The molecule has 0 bridgehead atoms. The van der Waals surface area contributed by atoms with Crippen molar-refractivity contribution < 1.29 is 9.59 Å². The van der Waals surface area contributed by atoms with Crippen molar-refractivity contribution in [2.75, 3.05) is 26.2 Å². The maximum atomic E-state index is 9.63. The number of hydrogen-bond acceptors (Lipinski definition) is 6. The van der Waals surface area contributed by atoms with Gasteiger partial charge in [0.2, 0.25) is 12.2 Å². The van der Waals surface area contributed by atoms with Gasteiger partial charge in [0.1, 0.15) is 0 Å². The van der Waals surface area contributed by atoms with Gasteiger partial charge in [0.25, 0.3) is 0 Å². The molecule has 116 valence electrons. The molecular formula is C14H28N4O2. The molecule has 0 saturated heterocycles. The third kappa shape index (κ3) is 25.5. The van der Waals surface area contributed by atoms with Gasteiger partial charge in [-0.15, -0.1) is 0 Å². The quantitative estimate of drug-likeness (QED) is 0.322. The van der Waals surface area contributed by atoms with E-state index in [2.05, 4.69) is 9.98 Å². The largest absolute Gasteiger partial charge is 0.330 e. The maximum Gasteiger partial charge on any atom is 0.234 e. The molecule has 6 nitrogen and oxygen atoms in total. The molecule has 0 saturated carbocycles. The molecule has 0 amide bonds. The molecule has 0 aromatic carbocycles. The van der Waals surface area contributed by atoms with Crippen molar-refractivity contribution in [2.24, 2.45) is 21.5 Å². The van der Waals surface area contributed by atoms with E-state index in [0.29, 0.717) is 13.1 Å². The van der Waals surface area contributed by atoms with Crippen molar-refractivity contribution in [3.63, 3.8) is 0 Å². The number of aliphatic imine (C=N–C) groups is 2. The standard InChI is InChI=1S/C8H12N2O2.C6H16N2/c11-7-9-5-3-1-2-4-6-10-8-12;7-5-3-1-2-4-6-8/h1-6H2;1-8H2. The fraction of sp³-hybridized carbons (Fsp3) is 0.857. The highest BCUT2D eigenvalue weighted by molar-refractivity contribution is 5.32. The number of nitrogens with zero attached hydrogens (tertiary/aromatic N) is 2. The second-order valence-corrected chi connectivity index (χ2v) is 4.35. The zero-order valence-electron chi connectivity index (χ0n) is 12.4. The first kappa shape index (κ1) is 21.0. The molecule has 4 N–H and O–H groups in total. The first-order valence-corrected chi connectivity index (χ1v) is 7.30. The van der Waals surface area contributed by atoms with Crippen LogP contribution in [0.5, 0.6) is 0 Å². The van der Waals surface area contributed by atoms with E-state index in [-0.39, 0.29) is 0 Å². The summed E-state index contributed by atoms with van der Waals surface area (Å²) in [5.41, 5.74) is 10.6. The fourth-order valence-corrected chi connectivity index (χ4v) is 1.47. The van der Waals surface area contributed by atoms with E-state index in [9.17, 15) is 9.59 Å². The summed E-state index contributed by atoms with van der Waals surface area (Å²) in [6, 6.07) is 0. The molecular weight excluding hydrogens is 256 g/mol. The summed E-state index contributed by atoms with van der Waals surface area (Å²) in [6.45, 7) is 2.76. The van der Waals surface area contributed by atoms with E-state index in [1.165, 1.54) is 25.0 Å². The van der Waals surface area contributed by atoms with Crippen LogP contribution in [0, 0.1) is 0 Å². The average Bonchev–Trinajstić information content (AvgIpc) is 2.47. The highest BCUT2D eigenvalue weighted by Gasteiger charge is 1.87. The Morgan fingerprint density at radius 3 is 1.25 bits per heavy atom. The highest BCUT2D eigenvalue weighted by atomic mass is 16.1.